The SMILES string of the molecule is CC[C@@H](CNC(=O)N1CCC(O)(CN(C)C)CC1)Cc1ccccc1. The summed E-state index contributed by atoms with van der Waals surface area (Å²) in [5.74, 6) is 0.446. The van der Waals surface area contributed by atoms with Crippen molar-refractivity contribution in [2.45, 2.75) is 38.2 Å². The second kappa shape index (κ2) is 9.20. The number of amides is 2. The maximum atomic E-state index is 12.4. The fraction of sp³-hybridized carbons (Fsp3) is 0.650. The maximum absolute atomic E-state index is 12.4. The molecule has 2 amide bonds. The summed E-state index contributed by atoms with van der Waals surface area (Å²) < 4.78 is 0. The highest BCUT2D eigenvalue weighted by atomic mass is 16.3. The Morgan fingerprint density at radius 3 is 2.48 bits per heavy atom. The molecule has 25 heavy (non-hydrogen) atoms. The minimum Gasteiger partial charge on any atom is -0.388 e. The van der Waals surface area contributed by atoms with Gasteiger partial charge in [0.25, 0.3) is 0 Å². The van der Waals surface area contributed by atoms with Crippen LogP contribution >= 0.6 is 0 Å². The fourth-order valence-electron chi connectivity index (χ4n) is 3.52. The number of carbonyl (C=O) groups is 1. The number of nitrogens with zero attached hydrogens (tertiary/aromatic N) is 2. The van der Waals surface area contributed by atoms with Crippen LogP contribution in [0.4, 0.5) is 4.79 Å². The predicted octanol–water partition coefficient (Wildman–Crippen LogP) is 2.35. The molecule has 1 aliphatic rings. The van der Waals surface area contributed by atoms with Gasteiger partial charge in [-0.15, -0.1) is 0 Å². The van der Waals surface area contributed by atoms with Crippen molar-refractivity contribution in [3.63, 3.8) is 0 Å². The molecule has 140 valence electrons. The molecule has 0 spiro atoms. The molecule has 2 rings (SSSR count). The molecule has 0 radical (unpaired) electrons. The molecule has 0 unspecified atom stereocenters. The number of likely N-dealkylation sites (tertiary alicyclic amines) is 1. The van der Waals surface area contributed by atoms with Crippen LogP contribution < -0.4 is 5.32 Å². The summed E-state index contributed by atoms with van der Waals surface area (Å²) in [6.45, 7) is 4.75. The van der Waals surface area contributed by atoms with E-state index in [-0.39, 0.29) is 6.03 Å². The van der Waals surface area contributed by atoms with Crippen LogP contribution in [0.1, 0.15) is 31.7 Å². The van der Waals surface area contributed by atoms with Crippen LogP contribution in [-0.2, 0) is 6.42 Å². The zero-order valence-corrected chi connectivity index (χ0v) is 15.9. The van der Waals surface area contributed by atoms with Crippen LogP contribution in [0.3, 0.4) is 0 Å². The molecule has 1 aromatic carbocycles. The topological polar surface area (TPSA) is 55.8 Å². The van der Waals surface area contributed by atoms with Crippen molar-refractivity contribution >= 4 is 6.03 Å². The van der Waals surface area contributed by atoms with E-state index in [1.54, 1.807) is 0 Å². The van der Waals surface area contributed by atoms with Gasteiger partial charge < -0.3 is 20.2 Å². The van der Waals surface area contributed by atoms with Gasteiger partial charge in [0, 0.05) is 26.2 Å². The number of hydrogen-bond acceptors (Lipinski definition) is 3. The first-order valence-electron chi connectivity index (χ1n) is 9.35. The maximum Gasteiger partial charge on any atom is 0.317 e. The Kier molecular flexibility index (Phi) is 7.26. The summed E-state index contributed by atoms with van der Waals surface area (Å²) >= 11 is 0. The van der Waals surface area contributed by atoms with Crippen LogP contribution in [-0.4, -0.2) is 66.8 Å². The third kappa shape index (κ3) is 6.33. The molecule has 5 heteroatoms. The van der Waals surface area contributed by atoms with E-state index >= 15 is 0 Å². The standard InChI is InChI=1S/C20H33N3O2/c1-4-17(14-18-8-6-5-7-9-18)15-21-19(24)23-12-10-20(25,11-13-23)16-22(2)3/h5-9,17,25H,4,10-16H2,1-3H3,(H,21,24)/t17-/m1/s1. The number of urea groups is 1. The highest BCUT2D eigenvalue weighted by Gasteiger charge is 2.34. The Balaban J connectivity index is 1.76. The van der Waals surface area contributed by atoms with Crippen molar-refractivity contribution in [1.29, 1.82) is 0 Å². The van der Waals surface area contributed by atoms with Crippen molar-refractivity contribution in [3.8, 4) is 0 Å². The van der Waals surface area contributed by atoms with Crippen LogP contribution in [0, 0.1) is 5.92 Å². The van der Waals surface area contributed by atoms with Gasteiger partial charge in [-0.25, -0.2) is 4.79 Å². The molecule has 0 aromatic heterocycles. The van der Waals surface area contributed by atoms with Crippen LogP contribution in [0.25, 0.3) is 0 Å². The van der Waals surface area contributed by atoms with E-state index < -0.39 is 5.60 Å². The van der Waals surface area contributed by atoms with Gasteiger partial charge in [-0.1, -0.05) is 43.7 Å². The first-order valence-corrected chi connectivity index (χ1v) is 9.35. The second-order valence-corrected chi connectivity index (χ2v) is 7.60. The Morgan fingerprint density at radius 1 is 1.28 bits per heavy atom. The fourth-order valence-corrected chi connectivity index (χ4v) is 3.52. The molecule has 0 bridgehead atoms. The Morgan fingerprint density at radius 2 is 1.92 bits per heavy atom. The predicted molar refractivity (Wildman–Crippen MR) is 102 cm³/mol. The number of aliphatic hydroxyl groups is 1. The van der Waals surface area contributed by atoms with E-state index in [4.69, 9.17) is 0 Å². The third-order valence-corrected chi connectivity index (χ3v) is 5.08. The molecule has 5 nitrogen and oxygen atoms in total. The van der Waals surface area contributed by atoms with Gasteiger partial charge in [0.05, 0.1) is 5.60 Å². The molecular weight excluding hydrogens is 314 g/mol. The Labute approximate surface area is 152 Å². The summed E-state index contributed by atoms with van der Waals surface area (Å²) in [6.07, 6.45) is 3.30. The first-order chi connectivity index (χ1) is 11.9. The van der Waals surface area contributed by atoms with Crippen molar-refractivity contribution in [2.75, 3.05) is 40.3 Å². The molecule has 1 saturated heterocycles. The minimum absolute atomic E-state index is 0.00147. The van der Waals surface area contributed by atoms with E-state index in [1.165, 1.54) is 5.56 Å². The second-order valence-electron chi connectivity index (χ2n) is 7.60. The molecule has 1 heterocycles. The zero-order valence-electron chi connectivity index (χ0n) is 15.9. The quantitative estimate of drug-likeness (QED) is 0.796. The lowest BCUT2D eigenvalue weighted by Crippen LogP contribution is -2.53. The van der Waals surface area contributed by atoms with Crippen LogP contribution in [0.5, 0.6) is 0 Å². The summed E-state index contributed by atoms with van der Waals surface area (Å²) in [5, 5.41) is 13.6. The van der Waals surface area contributed by atoms with E-state index in [0.29, 0.717) is 44.9 Å². The lowest BCUT2D eigenvalue weighted by Gasteiger charge is -2.39. The van der Waals surface area contributed by atoms with Gasteiger partial charge in [-0.2, -0.15) is 0 Å². The highest BCUT2D eigenvalue weighted by Crippen LogP contribution is 2.23. The Hall–Kier alpha value is -1.59. The minimum atomic E-state index is -0.667. The highest BCUT2D eigenvalue weighted by molar-refractivity contribution is 5.74. The van der Waals surface area contributed by atoms with E-state index in [1.807, 2.05) is 30.0 Å². The molecule has 1 atom stereocenters. The lowest BCUT2D eigenvalue weighted by molar-refractivity contribution is -0.0293. The van der Waals surface area contributed by atoms with Gasteiger partial charge in [0.1, 0.15) is 0 Å². The molecule has 1 fully saturated rings. The van der Waals surface area contributed by atoms with Gasteiger partial charge in [0.15, 0.2) is 0 Å². The Bertz CT molecular complexity index is 525. The average molecular weight is 348 g/mol. The van der Waals surface area contributed by atoms with E-state index in [0.717, 1.165) is 12.8 Å². The number of hydrogen-bond donors (Lipinski definition) is 2. The normalized spacial score (nSPS) is 18.2. The smallest absolute Gasteiger partial charge is 0.317 e. The number of piperidine rings is 1. The van der Waals surface area contributed by atoms with E-state index in [2.05, 4.69) is 36.5 Å². The average Bonchev–Trinajstić information content (AvgIpc) is 2.58. The van der Waals surface area contributed by atoms with Crippen molar-refractivity contribution in [3.05, 3.63) is 35.9 Å². The summed E-state index contributed by atoms with van der Waals surface area (Å²) in [4.78, 5) is 16.3. The lowest BCUT2D eigenvalue weighted by atomic mass is 9.91. The largest absolute Gasteiger partial charge is 0.388 e. The van der Waals surface area contributed by atoms with Crippen LogP contribution in [0.15, 0.2) is 30.3 Å². The molecule has 2 N–H and O–H groups in total. The third-order valence-electron chi connectivity index (χ3n) is 5.08. The molecule has 0 saturated carbocycles. The van der Waals surface area contributed by atoms with Gasteiger partial charge >= 0.3 is 6.03 Å². The van der Waals surface area contributed by atoms with E-state index in [9.17, 15) is 9.90 Å². The van der Waals surface area contributed by atoms with Crippen molar-refractivity contribution in [2.24, 2.45) is 5.92 Å². The first kappa shape index (κ1) is 19.7. The summed E-state index contributed by atoms with van der Waals surface area (Å²) in [7, 11) is 3.93. The molecule has 0 aliphatic carbocycles. The van der Waals surface area contributed by atoms with Crippen molar-refractivity contribution in [1.82, 2.24) is 15.1 Å². The number of benzene rings is 1. The number of rotatable bonds is 7. The molecule has 1 aliphatic heterocycles. The van der Waals surface area contributed by atoms with Crippen molar-refractivity contribution < 1.29 is 9.90 Å². The monoisotopic (exact) mass is 347 g/mol. The van der Waals surface area contributed by atoms with Gasteiger partial charge in [-0.05, 0) is 44.8 Å². The molecule has 1 aromatic rings. The molecular formula is C20H33N3O2. The van der Waals surface area contributed by atoms with Gasteiger partial charge in [0.2, 0.25) is 0 Å². The number of nitrogens with one attached hydrogen (secondary N) is 1. The summed E-state index contributed by atoms with van der Waals surface area (Å²) in [5.41, 5.74) is 0.648. The zero-order chi connectivity index (χ0) is 18.3. The number of likely N-dealkylation sites (N-methyl/N-ethyl adjacent to an activating group) is 1. The number of carbonyl (C=O) groups excluding carboxylic acids is 1. The summed E-state index contributed by atoms with van der Waals surface area (Å²) in [6, 6.07) is 10.4. The van der Waals surface area contributed by atoms with Gasteiger partial charge in [-0.3, -0.25) is 0 Å². The van der Waals surface area contributed by atoms with Crippen LogP contribution in [0.2, 0.25) is 0 Å².